The lowest BCUT2D eigenvalue weighted by atomic mass is 10.1. The Morgan fingerprint density at radius 3 is 2.60 bits per heavy atom. The Balaban J connectivity index is 2.40. The van der Waals surface area contributed by atoms with Crippen LogP contribution in [0.25, 0.3) is 6.08 Å². The fraction of sp³-hybridized carbons (Fsp3) is 0.438. The number of carbonyl (C=O) groups excluding carboxylic acids is 1. The summed E-state index contributed by atoms with van der Waals surface area (Å²) in [5.41, 5.74) is 3.36. The van der Waals surface area contributed by atoms with Crippen molar-refractivity contribution in [1.82, 2.24) is 5.32 Å². The molecule has 110 valence electrons. The van der Waals surface area contributed by atoms with Crippen molar-refractivity contribution < 1.29 is 14.6 Å². The number of hydrogen-bond donors (Lipinski definition) is 2. The quantitative estimate of drug-likeness (QED) is 0.748. The number of aryl methyl sites for hydroxylation is 2. The minimum absolute atomic E-state index is 0.159. The maximum absolute atomic E-state index is 11.6. The lowest BCUT2D eigenvalue weighted by Gasteiger charge is -2.08. The summed E-state index contributed by atoms with van der Waals surface area (Å²) in [4.78, 5) is 11.6. The van der Waals surface area contributed by atoms with Gasteiger partial charge in [-0.3, -0.25) is 4.79 Å². The van der Waals surface area contributed by atoms with Crippen LogP contribution in [0.4, 0.5) is 0 Å². The van der Waals surface area contributed by atoms with E-state index in [9.17, 15) is 9.90 Å². The van der Waals surface area contributed by atoms with Gasteiger partial charge in [0.25, 0.3) is 0 Å². The lowest BCUT2D eigenvalue weighted by Crippen LogP contribution is -2.27. The molecular formula is C16H23NO3. The van der Waals surface area contributed by atoms with Crippen molar-refractivity contribution in [2.24, 2.45) is 0 Å². The summed E-state index contributed by atoms with van der Waals surface area (Å²) < 4.78 is 4.81. The normalized spacial score (nSPS) is 12.6. The molecule has 0 aliphatic carbocycles. The van der Waals surface area contributed by atoms with Crippen LogP contribution < -0.4 is 5.32 Å². The number of rotatable bonds is 7. The number of hydrogen-bond acceptors (Lipinski definition) is 3. The summed E-state index contributed by atoms with van der Waals surface area (Å²) in [6, 6.07) is 6.15. The molecule has 0 spiro atoms. The Morgan fingerprint density at radius 2 is 2.00 bits per heavy atom. The molecule has 1 amide bonds. The second-order valence-corrected chi connectivity index (χ2v) is 4.94. The van der Waals surface area contributed by atoms with E-state index < -0.39 is 6.10 Å². The number of aliphatic hydroxyl groups is 1. The minimum atomic E-state index is -0.538. The predicted octanol–water partition coefficient (Wildman–Crippen LogP) is 1.83. The van der Waals surface area contributed by atoms with Crippen LogP contribution in [-0.2, 0) is 9.53 Å². The molecule has 0 radical (unpaired) electrons. The second-order valence-electron chi connectivity index (χ2n) is 4.94. The van der Waals surface area contributed by atoms with E-state index >= 15 is 0 Å². The highest BCUT2D eigenvalue weighted by molar-refractivity contribution is 5.91. The molecule has 0 aliphatic heterocycles. The van der Waals surface area contributed by atoms with Crippen LogP contribution in [0.2, 0.25) is 0 Å². The zero-order valence-electron chi connectivity index (χ0n) is 12.3. The average molecular weight is 277 g/mol. The van der Waals surface area contributed by atoms with E-state index in [1.807, 2.05) is 26.0 Å². The zero-order chi connectivity index (χ0) is 15.0. The molecule has 0 aliphatic rings. The molecule has 4 nitrogen and oxygen atoms in total. The summed E-state index contributed by atoms with van der Waals surface area (Å²) in [6.45, 7) is 4.78. The highest BCUT2D eigenvalue weighted by atomic mass is 16.5. The van der Waals surface area contributed by atoms with Crippen LogP contribution in [0, 0.1) is 13.8 Å². The van der Waals surface area contributed by atoms with Crippen molar-refractivity contribution in [3.8, 4) is 0 Å². The minimum Gasteiger partial charge on any atom is -0.391 e. The maximum Gasteiger partial charge on any atom is 0.244 e. The molecule has 1 aromatic carbocycles. The third kappa shape index (κ3) is 6.50. The summed E-state index contributed by atoms with van der Waals surface area (Å²) >= 11 is 0. The first-order valence-corrected chi connectivity index (χ1v) is 6.72. The molecule has 0 heterocycles. The standard InChI is InChI=1S/C16H23NO3/c1-12-8-13(2)10-14(9-12)4-5-16(19)17-7-6-15(18)11-20-3/h4-5,8-10,15,18H,6-7,11H2,1-3H3,(H,17,19)/b5-4+. The average Bonchev–Trinajstić information content (AvgIpc) is 2.35. The van der Waals surface area contributed by atoms with Gasteiger partial charge in [0.1, 0.15) is 0 Å². The van der Waals surface area contributed by atoms with Gasteiger partial charge < -0.3 is 15.2 Å². The molecule has 2 N–H and O–H groups in total. The number of amides is 1. The van der Waals surface area contributed by atoms with Crippen molar-refractivity contribution in [2.45, 2.75) is 26.4 Å². The molecule has 1 aromatic rings. The topological polar surface area (TPSA) is 58.6 Å². The molecule has 20 heavy (non-hydrogen) atoms. The Bertz CT molecular complexity index is 449. The molecule has 4 heteroatoms. The van der Waals surface area contributed by atoms with Gasteiger partial charge in [-0.05, 0) is 31.9 Å². The Morgan fingerprint density at radius 1 is 1.35 bits per heavy atom. The van der Waals surface area contributed by atoms with Gasteiger partial charge in [-0.1, -0.05) is 29.3 Å². The molecule has 1 rings (SSSR count). The van der Waals surface area contributed by atoms with Gasteiger partial charge in [0.2, 0.25) is 5.91 Å². The number of aliphatic hydroxyl groups excluding tert-OH is 1. The molecule has 1 unspecified atom stereocenters. The van der Waals surface area contributed by atoms with Crippen LogP contribution in [-0.4, -0.2) is 37.4 Å². The monoisotopic (exact) mass is 277 g/mol. The SMILES string of the molecule is COCC(O)CCNC(=O)/C=C/c1cc(C)cc(C)c1. The van der Waals surface area contributed by atoms with E-state index in [4.69, 9.17) is 4.74 Å². The fourth-order valence-corrected chi connectivity index (χ4v) is 1.97. The van der Waals surface area contributed by atoms with Crippen LogP contribution in [0.5, 0.6) is 0 Å². The Labute approximate surface area is 120 Å². The maximum atomic E-state index is 11.6. The van der Waals surface area contributed by atoms with E-state index in [0.29, 0.717) is 13.0 Å². The number of benzene rings is 1. The van der Waals surface area contributed by atoms with Gasteiger partial charge in [0.05, 0.1) is 12.7 Å². The van der Waals surface area contributed by atoms with E-state index in [0.717, 1.165) is 5.56 Å². The zero-order valence-corrected chi connectivity index (χ0v) is 12.3. The van der Waals surface area contributed by atoms with E-state index in [2.05, 4.69) is 11.4 Å². The molecule has 1 atom stereocenters. The first-order valence-electron chi connectivity index (χ1n) is 6.72. The van der Waals surface area contributed by atoms with E-state index in [1.54, 1.807) is 6.08 Å². The molecule has 0 saturated heterocycles. The highest BCUT2D eigenvalue weighted by Crippen LogP contribution is 2.10. The first-order chi connectivity index (χ1) is 9.51. The van der Waals surface area contributed by atoms with E-state index in [-0.39, 0.29) is 12.5 Å². The molecular weight excluding hydrogens is 254 g/mol. The third-order valence-electron chi connectivity index (χ3n) is 2.81. The number of nitrogens with one attached hydrogen (secondary N) is 1. The van der Waals surface area contributed by atoms with Gasteiger partial charge in [-0.25, -0.2) is 0 Å². The lowest BCUT2D eigenvalue weighted by molar-refractivity contribution is -0.116. The van der Waals surface area contributed by atoms with Crippen LogP contribution in [0.1, 0.15) is 23.1 Å². The number of methoxy groups -OCH3 is 1. The molecule has 0 saturated carbocycles. The van der Waals surface area contributed by atoms with Crippen molar-refractivity contribution >= 4 is 12.0 Å². The summed E-state index contributed by atoms with van der Waals surface area (Å²) in [6.07, 6.45) is 3.25. The Kier molecular flexibility index (Phi) is 6.98. The number of carbonyl (C=O) groups is 1. The number of ether oxygens (including phenoxy) is 1. The summed E-state index contributed by atoms with van der Waals surface area (Å²) in [7, 11) is 1.54. The van der Waals surface area contributed by atoms with Gasteiger partial charge in [-0.2, -0.15) is 0 Å². The smallest absolute Gasteiger partial charge is 0.244 e. The third-order valence-corrected chi connectivity index (χ3v) is 2.81. The van der Waals surface area contributed by atoms with Crippen LogP contribution in [0.15, 0.2) is 24.3 Å². The van der Waals surface area contributed by atoms with Crippen molar-refractivity contribution in [2.75, 3.05) is 20.3 Å². The summed E-state index contributed by atoms with van der Waals surface area (Å²) in [5.74, 6) is -0.159. The van der Waals surface area contributed by atoms with Crippen molar-refractivity contribution in [1.29, 1.82) is 0 Å². The Hall–Kier alpha value is -1.65. The molecule has 0 aromatic heterocycles. The van der Waals surface area contributed by atoms with Gasteiger partial charge in [-0.15, -0.1) is 0 Å². The van der Waals surface area contributed by atoms with Gasteiger partial charge in [0, 0.05) is 19.7 Å². The predicted molar refractivity (Wildman–Crippen MR) is 80.5 cm³/mol. The summed E-state index contributed by atoms with van der Waals surface area (Å²) in [5, 5.41) is 12.2. The largest absolute Gasteiger partial charge is 0.391 e. The first kappa shape index (κ1) is 16.4. The molecule has 0 fully saturated rings. The highest BCUT2D eigenvalue weighted by Gasteiger charge is 2.03. The van der Waals surface area contributed by atoms with Crippen molar-refractivity contribution in [3.63, 3.8) is 0 Å². The molecule has 0 bridgehead atoms. The van der Waals surface area contributed by atoms with Crippen LogP contribution in [0.3, 0.4) is 0 Å². The van der Waals surface area contributed by atoms with Gasteiger partial charge in [0.15, 0.2) is 0 Å². The van der Waals surface area contributed by atoms with Gasteiger partial charge >= 0.3 is 0 Å². The second kappa shape index (κ2) is 8.51. The van der Waals surface area contributed by atoms with Crippen LogP contribution >= 0.6 is 0 Å². The van der Waals surface area contributed by atoms with E-state index in [1.165, 1.54) is 24.3 Å². The fourth-order valence-electron chi connectivity index (χ4n) is 1.97. The van der Waals surface area contributed by atoms with Crippen molar-refractivity contribution in [3.05, 3.63) is 41.0 Å².